The van der Waals surface area contributed by atoms with Gasteiger partial charge >= 0.3 is 0 Å². The summed E-state index contributed by atoms with van der Waals surface area (Å²) in [5.74, 6) is 0. The zero-order valence-electron chi connectivity index (χ0n) is 6.29. The van der Waals surface area contributed by atoms with Gasteiger partial charge in [-0.2, -0.15) is 0 Å². The lowest BCUT2D eigenvalue weighted by Crippen LogP contribution is -2.46. The smallest absolute Gasteiger partial charge is 0.0738 e. The van der Waals surface area contributed by atoms with E-state index in [1.54, 1.807) is 0 Å². The standard InChI is InChI=1S/C7H15NO2/c1-2-5-3-7(9)6(8)4-10-5/h5-7,9H,2-4,8H2,1H3/t5-,6-,7?/m0/s1. The van der Waals surface area contributed by atoms with Crippen molar-refractivity contribution >= 4 is 0 Å². The van der Waals surface area contributed by atoms with Gasteiger partial charge in [0.05, 0.1) is 24.9 Å². The number of hydrogen-bond acceptors (Lipinski definition) is 3. The summed E-state index contributed by atoms with van der Waals surface area (Å²) < 4.78 is 5.32. The van der Waals surface area contributed by atoms with Gasteiger partial charge in [-0.25, -0.2) is 0 Å². The van der Waals surface area contributed by atoms with Crippen molar-refractivity contribution in [3.8, 4) is 0 Å². The van der Waals surface area contributed by atoms with Gasteiger partial charge in [-0.15, -0.1) is 0 Å². The van der Waals surface area contributed by atoms with Crippen molar-refractivity contribution in [2.45, 2.75) is 38.0 Å². The highest BCUT2D eigenvalue weighted by molar-refractivity contribution is 4.79. The first kappa shape index (κ1) is 7.98. The van der Waals surface area contributed by atoms with E-state index in [4.69, 9.17) is 10.5 Å². The molecule has 0 aromatic carbocycles. The molecule has 0 aromatic heterocycles. The molecule has 3 atom stereocenters. The van der Waals surface area contributed by atoms with E-state index in [1.165, 1.54) is 0 Å². The molecule has 0 saturated carbocycles. The molecule has 10 heavy (non-hydrogen) atoms. The summed E-state index contributed by atoms with van der Waals surface area (Å²) >= 11 is 0. The molecule has 1 aliphatic rings. The lowest BCUT2D eigenvalue weighted by Gasteiger charge is -2.30. The lowest BCUT2D eigenvalue weighted by atomic mass is 10.0. The van der Waals surface area contributed by atoms with Crippen LogP contribution in [0.3, 0.4) is 0 Å². The highest BCUT2D eigenvalue weighted by atomic mass is 16.5. The molecule has 0 spiro atoms. The first-order chi connectivity index (χ1) is 4.74. The molecule has 3 N–H and O–H groups in total. The Labute approximate surface area is 61.2 Å². The van der Waals surface area contributed by atoms with Gasteiger partial charge in [0.1, 0.15) is 0 Å². The van der Waals surface area contributed by atoms with E-state index in [2.05, 4.69) is 0 Å². The quantitative estimate of drug-likeness (QED) is 0.540. The van der Waals surface area contributed by atoms with E-state index >= 15 is 0 Å². The molecule has 3 heteroatoms. The first-order valence-corrected chi connectivity index (χ1v) is 3.79. The van der Waals surface area contributed by atoms with Crippen molar-refractivity contribution < 1.29 is 9.84 Å². The summed E-state index contributed by atoms with van der Waals surface area (Å²) in [4.78, 5) is 0. The van der Waals surface area contributed by atoms with Gasteiger partial charge in [0.2, 0.25) is 0 Å². The van der Waals surface area contributed by atoms with Gasteiger partial charge in [-0.1, -0.05) is 6.92 Å². The van der Waals surface area contributed by atoms with Gasteiger partial charge in [-0.05, 0) is 6.42 Å². The zero-order chi connectivity index (χ0) is 7.56. The second-order valence-corrected chi connectivity index (χ2v) is 2.83. The molecular formula is C7H15NO2. The third kappa shape index (κ3) is 1.68. The number of rotatable bonds is 1. The topological polar surface area (TPSA) is 55.5 Å². The van der Waals surface area contributed by atoms with Crippen molar-refractivity contribution in [1.29, 1.82) is 0 Å². The minimum Gasteiger partial charge on any atom is -0.391 e. The van der Waals surface area contributed by atoms with Crippen molar-refractivity contribution in [1.82, 2.24) is 0 Å². The maximum Gasteiger partial charge on any atom is 0.0738 e. The van der Waals surface area contributed by atoms with Crippen LogP contribution in [0.4, 0.5) is 0 Å². The van der Waals surface area contributed by atoms with Crippen LogP contribution in [-0.2, 0) is 4.74 Å². The molecule has 0 aliphatic carbocycles. The molecule has 1 heterocycles. The van der Waals surface area contributed by atoms with Crippen molar-refractivity contribution in [2.75, 3.05) is 6.61 Å². The van der Waals surface area contributed by atoms with Crippen LogP contribution in [-0.4, -0.2) is 30.0 Å². The van der Waals surface area contributed by atoms with E-state index in [1.807, 2.05) is 6.92 Å². The minimum atomic E-state index is -0.362. The van der Waals surface area contributed by atoms with Crippen LogP contribution in [0, 0.1) is 0 Å². The van der Waals surface area contributed by atoms with Crippen LogP contribution < -0.4 is 5.73 Å². The molecule has 1 rings (SSSR count). The molecule has 1 saturated heterocycles. The van der Waals surface area contributed by atoms with Crippen LogP contribution in [0.2, 0.25) is 0 Å². The Hall–Kier alpha value is -0.120. The van der Waals surface area contributed by atoms with E-state index in [-0.39, 0.29) is 18.2 Å². The third-order valence-corrected chi connectivity index (χ3v) is 1.98. The van der Waals surface area contributed by atoms with E-state index in [0.717, 1.165) is 6.42 Å². The first-order valence-electron chi connectivity index (χ1n) is 3.79. The molecule has 60 valence electrons. The van der Waals surface area contributed by atoms with Gasteiger partial charge in [-0.3, -0.25) is 0 Å². The van der Waals surface area contributed by atoms with Crippen LogP contribution in [0.1, 0.15) is 19.8 Å². The van der Waals surface area contributed by atoms with Crippen LogP contribution in [0.15, 0.2) is 0 Å². The largest absolute Gasteiger partial charge is 0.391 e. The fraction of sp³-hybridized carbons (Fsp3) is 1.00. The van der Waals surface area contributed by atoms with Gasteiger partial charge in [0.25, 0.3) is 0 Å². The zero-order valence-corrected chi connectivity index (χ0v) is 6.29. The molecule has 1 unspecified atom stereocenters. The highest BCUT2D eigenvalue weighted by Crippen LogP contribution is 2.14. The predicted octanol–water partition coefficient (Wildman–Crippen LogP) is -0.127. The Balaban J connectivity index is 2.33. The number of nitrogens with two attached hydrogens (primary N) is 1. The van der Waals surface area contributed by atoms with Crippen molar-refractivity contribution in [3.63, 3.8) is 0 Å². The Kier molecular flexibility index (Phi) is 2.65. The minimum absolute atomic E-state index is 0.178. The highest BCUT2D eigenvalue weighted by Gasteiger charge is 2.25. The average Bonchev–Trinajstić information content (AvgIpc) is 1.95. The third-order valence-electron chi connectivity index (χ3n) is 1.98. The molecule has 3 nitrogen and oxygen atoms in total. The SMILES string of the molecule is CC[C@H]1CC(O)[C@@H](N)CO1. The van der Waals surface area contributed by atoms with Crippen LogP contribution >= 0.6 is 0 Å². The number of hydrogen-bond donors (Lipinski definition) is 2. The Bertz CT molecular complexity index is 108. The second kappa shape index (κ2) is 3.32. The fourth-order valence-corrected chi connectivity index (χ4v) is 1.15. The van der Waals surface area contributed by atoms with Crippen LogP contribution in [0.25, 0.3) is 0 Å². The molecule has 0 bridgehead atoms. The molecule has 1 fully saturated rings. The van der Waals surface area contributed by atoms with Crippen molar-refractivity contribution in [2.24, 2.45) is 5.73 Å². The molecule has 0 radical (unpaired) electrons. The Morgan fingerprint density at radius 1 is 1.70 bits per heavy atom. The summed E-state index contributed by atoms with van der Waals surface area (Å²) in [6.45, 7) is 2.55. The Morgan fingerprint density at radius 2 is 2.40 bits per heavy atom. The summed E-state index contributed by atoms with van der Waals surface area (Å²) in [7, 11) is 0. The molecule has 0 amide bonds. The maximum absolute atomic E-state index is 9.27. The van der Waals surface area contributed by atoms with E-state index in [9.17, 15) is 5.11 Å². The fourth-order valence-electron chi connectivity index (χ4n) is 1.15. The summed E-state index contributed by atoms with van der Waals surface area (Å²) in [6, 6.07) is -0.178. The van der Waals surface area contributed by atoms with Gasteiger partial charge < -0.3 is 15.6 Å². The number of aliphatic hydroxyl groups excluding tert-OH is 1. The summed E-state index contributed by atoms with van der Waals surface area (Å²) in [5, 5.41) is 9.27. The van der Waals surface area contributed by atoms with Crippen LogP contribution in [0.5, 0.6) is 0 Å². The van der Waals surface area contributed by atoms with E-state index < -0.39 is 0 Å². The molecular weight excluding hydrogens is 130 g/mol. The van der Waals surface area contributed by atoms with Crippen molar-refractivity contribution in [3.05, 3.63) is 0 Å². The summed E-state index contributed by atoms with van der Waals surface area (Å²) in [6.07, 6.45) is 1.51. The normalized spacial score (nSPS) is 41.7. The maximum atomic E-state index is 9.27. The molecule has 0 aromatic rings. The Morgan fingerprint density at radius 3 is 2.90 bits per heavy atom. The molecule has 1 aliphatic heterocycles. The monoisotopic (exact) mass is 145 g/mol. The average molecular weight is 145 g/mol. The second-order valence-electron chi connectivity index (χ2n) is 2.83. The van der Waals surface area contributed by atoms with Gasteiger partial charge in [0, 0.05) is 6.42 Å². The van der Waals surface area contributed by atoms with E-state index in [0.29, 0.717) is 13.0 Å². The predicted molar refractivity (Wildman–Crippen MR) is 38.6 cm³/mol. The van der Waals surface area contributed by atoms with Gasteiger partial charge in [0.15, 0.2) is 0 Å². The number of ether oxygens (including phenoxy) is 1. The number of aliphatic hydroxyl groups is 1. The lowest BCUT2D eigenvalue weighted by molar-refractivity contribution is -0.0573. The summed E-state index contributed by atoms with van der Waals surface area (Å²) in [5.41, 5.74) is 5.52.